The lowest BCUT2D eigenvalue weighted by Crippen LogP contribution is -2.20. The second kappa shape index (κ2) is 4.44. The Balaban J connectivity index is 2.69. The van der Waals surface area contributed by atoms with E-state index in [2.05, 4.69) is 10.3 Å². The summed E-state index contributed by atoms with van der Waals surface area (Å²) in [5.74, 6) is -0.260. The van der Waals surface area contributed by atoms with Gasteiger partial charge in [0.05, 0.1) is 0 Å². The van der Waals surface area contributed by atoms with Crippen molar-refractivity contribution in [3.05, 3.63) is 23.5 Å². The fraction of sp³-hybridized carbons (Fsp3) is 0.250. The van der Waals surface area contributed by atoms with E-state index in [1.54, 1.807) is 19.1 Å². The van der Waals surface area contributed by atoms with Gasteiger partial charge in [-0.05, 0) is 19.1 Å². The molecule has 1 atom stereocenters. The molecule has 0 radical (unpaired) electrons. The highest BCUT2D eigenvalue weighted by molar-refractivity contribution is 6.32. The number of anilines is 1. The second-order valence-corrected chi connectivity index (χ2v) is 3.51. The van der Waals surface area contributed by atoms with Crippen LogP contribution < -0.4 is 5.32 Å². The van der Waals surface area contributed by atoms with E-state index >= 15 is 0 Å². The van der Waals surface area contributed by atoms with E-state index in [1.807, 2.05) is 0 Å². The van der Waals surface area contributed by atoms with Crippen molar-refractivity contribution in [2.45, 2.75) is 12.3 Å². The molecule has 13 heavy (non-hydrogen) atoms. The second-order valence-electron chi connectivity index (χ2n) is 2.47. The van der Waals surface area contributed by atoms with Crippen molar-refractivity contribution in [3.63, 3.8) is 0 Å². The van der Waals surface area contributed by atoms with Crippen LogP contribution in [0.4, 0.5) is 5.69 Å². The quantitative estimate of drug-likeness (QED) is 0.612. The number of hydrogen-bond donors (Lipinski definition) is 1. The Kier molecular flexibility index (Phi) is 3.51. The lowest BCUT2D eigenvalue weighted by molar-refractivity contribution is -0.115. The summed E-state index contributed by atoms with van der Waals surface area (Å²) in [5, 5.41) is 2.36. The minimum absolute atomic E-state index is 0.260. The smallest absolute Gasteiger partial charge is 0.242 e. The molecule has 3 nitrogen and oxygen atoms in total. The van der Waals surface area contributed by atoms with Crippen LogP contribution in [0, 0.1) is 0 Å². The van der Waals surface area contributed by atoms with Gasteiger partial charge in [0.2, 0.25) is 5.91 Å². The molecule has 70 valence electrons. The van der Waals surface area contributed by atoms with Gasteiger partial charge in [0.1, 0.15) is 10.5 Å². The average molecular weight is 219 g/mol. The molecular weight excluding hydrogens is 211 g/mol. The first-order valence-electron chi connectivity index (χ1n) is 3.66. The molecule has 0 spiro atoms. The van der Waals surface area contributed by atoms with Gasteiger partial charge in [-0.25, -0.2) is 4.98 Å². The number of halogens is 2. The molecule has 1 heterocycles. The summed E-state index contributed by atoms with van der Waals surface area (Å²) in [7, 11) is 0. The maximum atomic E-state index is 11.1. The van der Waals surface area contributed by atoms with Crippen molar-refractivity contribution in [1.82, 2.24) is 4.98 Å². The first kappa shape index (κ1) is 10.3. The largest absolute Gasteiger partial charge is 0.325 e. The third kappa shape index (κ3) is 3.20. The summed E-state index contributed by atoms with van der Waals surface area (Å²) < 4.78 is 0. The number of aromatic nitrogens is 1. The number of hydrogen-bond acceptors (Lipinski definition) is 2. The normalized spacial score (nSPS) is 12.2. The highest BCUT2D eigenvalue weighted by atomic mass is 35.5. The zero-order chi connectivity index (χ0) is 9.84. The van der Waals surface area contributed by atoms with E-state index in [-0.39, 0.29) is 5.91 Å². The first-order valence-corrected chi connectivity index (χ1v) is 4.47. The standard InChI is InChI=1S/C8H8Cl2N2O/c1-5(9)8(13)12-6-2-3-11-7(10)4-6/h2-5H,1H3,(H,11,12,13). The lowest BCUT2D eigenvalue weighted by Gasteiger charge is -2.05. The Bertz CT molecular complexity index is 315. The van der Waals surface area contributed by atoms with Crippen molar-refractivity contribution in [2.24, 2.45) is 0 Å². The molecule has 0 aliphatic rings. The van der Waals surface area contributed by atoms with E-state index in [0.717, 1.165) is 0 Å². The zero-order valence-corrected chi connectivity index (χ0v) is 8.43. The minimum Gasteiger partial charge on any atom is -0.325 e. The van der Waals surface area contributed by atoms with Gasteiger partial charge in [0.25, 0.3) is 0 Å². The van der Waals surface area contributed by atoms with Crippen molar-refractivity contribution in [2.75, 3.05) is 5.32 Å². The predicted octanol–water partition coefficient (Wildman–Crippen LogP) is 2.30. The molecule has 0 bridgehead atoms. The molecular formula is C8H8Cl2N2O. The fourth-order valence-corrected chi connectivity index (χ4v) is 0.950. The van der Waals surface area contributed by atoms with Crippen LogP contribution in [0.25, 0.3) is 0 Å². The van der Waals surface area contributed by atoms with Crippen LogP contribution in [0.1, 0.15) is 6.92 Å². The van der Waals surface area contributed by atoms with Crippen LogP contribution in [0.2, 0.25) is 5.15 Å². The topological polar surface area (TPSA) is 42.0 Å². The predicted molar refractivity (Wildman–Crippen MR) is 53.2 cm³/mol. The molecule has 0 fully saturated rings. The van der Waals surface area contributed by atoms with Gasteiger partial charge in [-0.15, -0.1) is 11.6 Å². The van der Waals surface area contributed by atoms with Crippen LogP contribution in [-0.2, 0) is 4.79 Å². The highest BCUT2D eigenvalue weighted by Gasteiger charge is 2.08. The van der Waals surface area contributed by atoms with Crippen molar-refractivity contribution in [1.29, 1.82) is 0 Å². The van der Waals surface area contributed by atoms with E-state index in [0.29, 0.717) is 10.8 Å². The molecule has 1 aromatic rings. The number of alkyl halides is 1. The monoisotopic (exact) mass is 218 g/mol. The molecule has 0 saturated carbocycles. The lowest BCUT2D eigenvalue weighted by atomic mass is 10.3. The molecule has 0 aromatic carbocycles. The van der Waals surface area contributed by atoms with E-state index < -0.39 is 5.38 Å². The minimum atomic E-state index is -0.563. The summed E-state index contributed by atoms with van der Waals surface area (Å²) in [4.78, 5) is 14.9. The summed E-state index contributed by atoms with van der Waals surface area (Å²) in [6.07, 6.45) is 1.51. The Morgan fingerprint density at radius 3 is 2.92 bits per heavy atom. The third-order valence-electron chi connectivity index (χ3n) is 1.36. The SMILES string of the molecule is CC(Cl)C(=O)Nc1ccnc(Cl)c1. The highest BCUT2D eigenvalue weighted by Crippen LogP contribution is 2.12. The molecule has 0 aliphatic heterocycles. The zero-order valence-electron chi connectivity index (χ0n) is 6.92. The maximum Gasteiger partial charge on any atom is 0.242 e. The molecule has 1 aromatic heterocycles. The molecule has 0 saturated heterocycles. The Morgan fingerprint density at radius 2 is 2.38 bits per heavy atom. The van der Waals surface area contributed by atoms with Gasteiger partial charge in [-0.2, -0.15) is 0 Å². The van der Waals surface area contributed by atoms with Gasteiger partial charge in [-0.1, -0.05) is 11.6 Å². The number of amides is 1. The van der Waals surface area contributed by atoms with Crippen LogP contribution in [0.5, 0.6) is 0 Å². The van der Waals surface area contributed by atoms with E-state index in [9.17, 15) is 4.79 Å². The third-order valence-corrected chi connectivity index (χ3v) is 1.76. The van der Waals surface area contributed by atoms with E-state index in [4.69, 9.17) is 23.2 Å². The number of nitrogens with zero attached hydrogens (tertiary/aromatic N) is 1. The summed E-state index contributed by atoms with van der Waals surface area (Å²) in [5.41, 5.74) is 0.595. The van der Waals surface area contributed by atoms with E-state index in [1.165, 1.54) is 6.20 Å². The van der Waals surface area contributed by atoms with Crippen LogP contribution >= 0.6 is 23.2 Å². The molecule has 0 aliphatic carbocycles. The van der Waals surface area contributed by atoms with Crippen LogP contribution in [-0.4, -0.2) is 16.3 Å². The Labute approximate surface area is 86.1 Å². The number of pyridine rings is 1. The Hall–Kier alpha value is -0.800. The summed E-state index contributed by atoms with van der Waals surface area (Å²) in [6.45, 7) is 1.60. The number of carbonyl (C=O) groups excluding carboxylic acids is 1. The van der Waals surface area contributed by atoms with Gasteiger partial charge < -0.3 is 5.32 Å². The Morgan fingerprint density at radius 1 is 1.69 bits per heavy atom. The first-order chi connectivity index (χ1) is 6.09. The summed E-state index contributed by atoms with van der Waals surface area (Å²) in [6, 6.07) is 3.20. The fourth-order valence-electron chi connectivity index (χ4n) is 0.722. The molecule has 1 amide bonds. The molecule has 1 rings (SSSR count). The number of rotatable bonds is 2. The molecule has 1 N–H and O–H groups in total. The maximum absolute atomic E-state index is 11.1. The number of carbonyl (C=O) groups is 1. The summed E-state index contributed by atoms with van der Waals surface area (Å²) >= 11 is 11.2. The van der Waals surface area contributed by atoms with Gasteiger partial charge in [0.15, 0.2) is 0 Å². The molecule has 1 unspecified atom stereocenters. The average Bonchev–Trinajstić information content (AvgIpc) is 2.04. The van der Waals surface area contributed by atoms with Crippen LogP contribution in [0.3, 0.4) is 0 Å². The van der Waals surface area contributed by atoms with Crippen molar-refractivity contribution in [3.8, 4) is 0 Å². The van der Waals surface area contributed by atoms with Crippen LogP contribution in [0.15, 0.2) is 18.3 Å². The van der Waals surface area contributed by atoms with Gasteiger partial charge >= 0.3 is 0 Å². The van der Waals surface area contributed by atoms with Gasteiger partial charge in [0, 0.05) is 11.9 Å². The van der Waals surface area contributed by atoms with Crippen molar-refractivity contribution >= 4 is 34.8 Å². The molecule has 5 heteroatoms. The van der Waals surface area contributed by atoms with Crippen molar-refractivity contribution < 1.29 is 4.79 Å². The number of nitrogens with one attached hydrogen (secondary N) is 1. The van der Waals surface area contributed by atoms with Gasteiger partial charge in [-0.3, -0.25) is 4.79 Å².